The molecular weight excluding hydrogens is 634 g/mol. The molecule has 0 saturated heterocycles. The summed E-state index contributed by atoms with van der Waals surface area (Å²) in [6.45, 7) is 3.53. The summed E-state index contributed by atoms with van der Waals surface area (Å²) < 4.78 is 17.5. The average Bonchev–Trinajstić information content (AvgIpc) is 3.78. The molecule has 0 bridgehead atoms. The van der Waals surface area contributed by atoms with Crippen LogP contribution in [0.2, 0.25) is 5.15 Å². The number of nitrogens with zero attached hydrogens (tertiary/aromatic N) is 6. The van der Waals surface area contributed by atoms with Gasteiger partial charge < -0.3 is 23.0 Å². The normalized spacial score (nSPS) is 11.8. The van der Waals surface area contributed by atoms with Crippen molar-refractivity contribution in [3.05, 3.63) is 103 Å². The Hall–Kier alpha value is -5.31. The Bertz CT molecular complexity index is 1870. The van der Waals surface area contributed by atoms with Gasteiger partial charge in [-0.25, -0.2) is 14.6 Å². The number of rotatable bonds is 16. The van der Waals surface area contributed by atoms with E-state index in [0.717, 1.165) is 35.1 Å². The molecule has 15 nitrogen and oxygen atoms in total. The molecule has 1 atom stereocenters. The Kier molecular flexibility index (Phi) is 10.8. The van der Waals surface area contributed by atoms with E-state index in [9.17, 15) is 19.7 Å². The molecule has 16 heteroatoms. The third-order valence-electron chi connectivity index (χ3n) is 7.41. The Morgan fingerprint density at radius 3 is 2.53 bits per heavy atom. The summed E-state index contributed by atoms with van der Waals surface area (Å²) in [5.41, 5.74) is 3.68. The van der Waals surface area contributed by atoms with Crippen LogP contribution in [0.3, 0.4) is 0 Å². The van der Waals surface area contributed by atoms with Crippen molar-refractivity contribution < 1.29 is 28.3 Å². The molecule has 0 radical (unpaired) electrons. The summed E-state index contributed by atoms with van der Waals surface area (Å²) in [6.07, 6.45) is 2.66. The Labute approximate surface area is 273 Å². The van der Waals surface area contributed by atoms with Crippen LogP contribution in [0.15, 0.2) is 62.2 Å². The van der Waals surface area contributed by atoms with Crippen molar-refractivity contribution in [2.75, 3.05) is 0 Å². The zero-order valence-electron chi connectivity index (χ0n) is 25.7. The second kappa shape index (κ2) is 15.3. The molecule has 0 spiro atoms. The molecule has 0 aliphatic heterocycles. The number of H-pyrrole nitrogens is 1. The molecule has 5 rings (SSSR count). The lowest BCUT2D eigenvalue weighted by molar-refractivity contribution is -0.767. The molecule has 0 fully saturated rings. The van der Waals surface area contributed by atoms with Crippen LogP contribution in [-0.2, 0) is 35.6 Å². The number of carbonyl (C=O) groups is 1. The van der Waals surface area contributed by atoms with Gasteiger partial charge in [0, 0.05) is 24.9 Å². The topological polar surface area (TPSA) is 194 Å². The number of halogens is 1. The number of esters is 1. The van der Waals surface area contributed by atoms with Crippen LogP contribution >= 0.6 is 11.6 Å². The summed E-state index contributed by atoms with van der Waals surface area (Å²) in [6, 6.07) is 15.6. The number of ether oxygens (including phenoxy) is 1. The largest absolute Gasteiger partial charge is 0.519 e. The zero-order chi connectivity index (χ0) is 33.3. The van der Waals surface area contributed by atoms with Crippen LogP contribution in [0.25, 0.3) is 22.5 Å². The van der Waals surface area contributed by atoms with E-state index >= 15 is 0 Å². The van der Waals surface area contributed by atoms with Crippen molar-refractivity contribution in [1.82, 2.24) is 30.2 Å². The Morgan fingerprint density at radius 2 is 1.83 bits per heavy atom. The molecule has 47 heavy (non-hydrogen) atoms. The number of unbranched alkanes of at least 4 members (excludes halogenated alkanes) is 1. The first kappa shape index (κ1) is 33.1. The van der Waals surface area contributed by atoms with Crippen LogP contribution < -0.4 is 5.82 Å². The smallest absolute Gasteiger partial charge is 0.453 e. The second-order valence-corrected chi connectivity index (χ2v) is 11.1. The number of hydrogen-bond acceptors (Lipinski definition) is 12. The first-order valence-corrected chi connectivity index (χ1v) is 15.4. The average molecular weight is 666 g/mol. The number of hydrogen-bond donors (Lipinski definition) is 1. The first-order chi connectivity index (χ1) is 22.7. The SMILES string of the molecule is CCCCc1nc(Cl)c(C(=O)OCc2oc(=O)oc2CCC[C@@H](C)O[N+](=O)[O-])n1Cc1ccc(-c2ccccc2-c2nn[nH]n2)cc1. The molecular formula is C31H32ClN7O8. The van der Waals surface area contributed by atoms with E-state index in [-0.39, 0.29) is 35.4 Å². The molecule has 0 saturated carbocycles. The second-order valence-electron chi connectivity index (χ2n) is 10.7. The van der Waals surface area contributed by atoms with Crippen molar-refractivity contribution in [3.8, 4) is 22.5 Å². The van der Waals surface area contributed by atoms with Gasteiger partial charge in [0.05, 0.1) is 0 Å². The van der Waals surface area contributed by atoms with Crippen LogP contribution in [0.1, 0.15) is 72.9 Å². The predicted molar refractivity (Wildman–Crippen MR) is 167 cm³/mol. The van der Waals surface area contributed by atoms with E-state index in [1.807, 2.05) is 48.5 Å². The van der Waals surface area contributed by atoms with Crippen molar-refractivity contribution >= 4 is 17.6 Å². The van der Waals surface area contributed by atoms with Gasteiger partial charge in [-0.2, -0.15) is 5.21 Å². The van der Waals surface area contributed by atoms with Gasteiger partial charge in [0.25, 0.3) is 5.09 Å². The van der Waals surface area contributed by atoms with Gasteiger partial charge in [-0.15, -0.1) is 20.3 Å². The summed E-state index contributed by atoms with van der Waals surface area (Å²) in [7, 11) is 0. The molecule has 3 heterocycles. The highest BCUT2D eigenvalue weighted by Gasteiger charge is 2.25. The summed E-state index contributed by atoms with van der Waals surface area (Å²) >= 11 is 6.51. The number of carbonyl (C=O) groups excluding carboxylic acids is 1. The third kappa shape index (κ3) is 8.30. The van der Waals surface area contributed by atoms with Crippen LogP contribution in [0.4, 0.5) is 0 Å². The van der Waals surface area contributed by atoms with Gasteiger partial charge >= 0.3 is 11.8 Å². The molecule has 246 valence electrons. The fraction of sp³-hybridized carbons (Fsp3) is 0.355. The molecule has 1 N–H and O–H groups in total. The van der Waals surface area contributed by atoms with Crippen molar-refractivity contribution in [2.45, 2.75) is 71.6 Å². The van der Waals surface area contributed by atoms with Crippen LogP contribution in [0.5, 0.6) is 0 Å². The highest BCUT2D eigenvalue weighted by atomic mass is 35.5. The highest BCUT2D eigenvalue weighted by Crippen LogP contribution is 2.30. The Morgan fingerprint density at radius 1 is 1.09 bits per heavy atom. The monoisotopic (exact) mass is 665 g/mol. The van der Waals surface area contributed by atoms with Crippen LogP contribution in [0, 0.1) is 10.1 Å². The molecule has 2 aromatic carbocycles. The lowest BCUT2D eigenvalue weighted by Gasteiger charge is -2.13. The van der Waals surface area contributed by atoms with Crippen molar-refractivity contribution in [2.24, 2.45) is 0 Å². The summed E-state index contributed by atoms with van der Waals surface area (Å²) in [4.78, 5) is 44.8. The molecule has 5 aromatic rings. The van der Waals surface area contributed by atoms with Gasteiger partial charge in [-0.1, -0.05) is 73.5 Å². The maximum absolute atomic E-state index is 13.4. The highest BCUT2D eigenvalue weighted by molar-refractivity contribution is 6.32. The minimum absolute atomic E-state index is 0.000380. The maximum atomic E-state index is 13.4. The van der Waals surface area contributed by atoms with E-state index in [2.05, 4.69) is 37.4 Å². The van der Waals surface area contributed by atoms with E-state index in [4.69, 9.17) is 25.2 Å². The van der Waals surface area contributed by atoms with Gasteiger partial charge in [0.1, 0.15) is 11.9 Å². The number of benzene rings is 2. The molecule has 3 aromatic heterocycles. The quantitative estimate of drug-likeness (QED) is 0.0780. The lowest BCUT2D eigenvalue weighted by atomic mass is 9.98. The van der Waals surface area contributed by atoms with Crippen LogP contribution in [-0.4, -0.2) is 47.3 Å². The number of aryl methyl sites for hydroxylation is 2. The minimum atomic E-state index is -0.950. The number of nitrogens with one attached hydrogen (secondary N) is 1. The molecule has 0 amide bonds. The van der Waals surface area contributed by atoms with Crippen molar-refractivity contribution in [3.63, 3.8) is 0 Å². The number of aromatic amines is 1. The zero-order valence-corrected chi connectivity index (χ0v) is 26.4. The number of aromatic nitrogens is 6. The van der Waals surface area contributed by atoms with E-state index in [0.29, 0.717) is 37.5 Å². The van der Waals surface area contributed by atoms with E-state index < -0.39 is 23.0 Å². The fourth-order valence-electron chi connectivity index (χ4n) is 5.12. The number of tetrazole rings is 1. The standard InChI is InChI=1S/C31H32ClN7O8/c1-3-4-12-26-33-28(32)27(30(40)44-18-25-24(45-31(41)46-25)11-7-8-19(2)47-39(42)43)38(26)17-20-13-15-21(16-14-20)22-9-5-6-10-23(22)29-34-36-37-35-29/h5-6,9-10,13-16,19H,3-4,7-8,11-12,17-18H2,1-2H3,(H,34,35,36,37)/t19-/m1/s1. The fourth-order valence-corrected chi connectivity index (χ4v) is 5.40. The predicted octanol–water partition coefficient (Wildman–Crippen LogP) is 5.60. The summed E-state index contributed by atoms with van der Waals surface area (Å²) in [5, 5.41) is 24.0. The van der Waals surface area contributed by atoms with Gasteiger partial charge in [0.15, 0.2) is 29.0 Å². The summed E-state index contributed by atoms with van der Waals surface area (Å²) in [5.74, 6) is -0.360. The third-order valence-corrected chi connectivity index (χ3v) is 7.67. The first-order valence-electron chi connectivity index (χ1n) is 15.0. The number of imidazole rings is 1. The van der Waals surface area contributed by atoms with Gasteiger partial charge in [-0.05, 0) is 48.1 Å². The van der Waals surface area contributed by atoms with E-state index in [1.165, 1.54) is 0 Å². The van der Waals surface area contributed by atoms with Gasteiger partial charge in [-0.3, -0.25) is 0 Å². The van der Waals surface area contributed by atoms with Crippen molar-refractivity contribution in [1.29, 1.82) is 0 Å². The Balaban J connectivity index is 1.32. The minimum Gasteiger partial charge on any atom is -0.453 e. The molecule has 0 unspecified atom stereocenters. The van der Waals surface area contributed by atoms with E-state index in [1.54, 1.807) is 11.5 Å². The lowest BCUT2D eigenvalue weighted by Crippen LogP contribution is -2.16. The molecule has 0 aliphatic rings. The van der Waals surface area contributed by atoms with Gasteiger partial charge in [0.2, 0.25) is 5.82 Å². The molecule has 0 aliphatic carbocycles. The maximum Gasteiger partial charge on any atom is 0.519 e.